The molecule has 1 N–H and O–H groups in total. The number of unbranched alkanes of at least 4 members (excludes halogenated alkanes) is 4. The van der Waals surface area contributed by atoms with E-state index in [1.807, 2.05) is 18.2 Å². The molecule has 32 heavy (non-hydrogen) atoms. The van der Waals surface area contributed by atoms with E-state index in [1.165, 1.54) is 4.90 Å². The molecule has 2 aliphatic rings. The average molecular weight is 457 g/mol. The van der Waals surface area contributed by atoms with E-state index in [9.17, 15) is 18.0 Å². The van der Waals surface area contributed by atoms with E-state index in [2.05, 4.69) is 12.2 Å². The summed E-state index contributed by atoms with van der Waals surface area (Å²) in [7, 11) is 0. The number of fused-ring (bicyclic) bond motifs is 1. The summed E-state index contributed by atoms with van der Waals surface area (Å²) in [6, 6.07) is 3.75. The van der Waals surface area contributed by atoms with Gasteiger partial charge in [0.25, 0.3) is 0 Å². The van der Waals surface area contributed by atoms with Crippen molar-refractivity contribution in [3.63, 3.8) is 0 Å². The van der Waals surface area contributed by atoms with Crippen LogP contribution in [0.4, 0.5) is 13.2 Å². The molecule has 1 aromatic rings. The van der Waals surface area contributed by atoms with Gasteiger partial charge in [-0.15, -0.1) is 0 Å². The summed E-state index contributed by atoms with van der Waals surface area (Å²) in [5, 5.41) is 3.02. The molecule has 0 radical (unpaired) electrons. The van der Waals surface area contributed by atoms with Crippen molar-refractivity contribution < 1.29 is 27.4 Å². The third-order valence-corrected chi connectivity index (χ3v) is 6.16. The second-order valence-corrected chi connectivity index (χ2v) is 8.81. The molecule has 2 heterocycles. The number of likely N-dealkylation sites (tertiary alicyclic amines) is 1. The molecule has 0 spiro atoms. The number of carbonyl (C=O) groups is 1. The molecule has 0 saturated carbocycles. The van der Waals surface area contributed by atoms with Gasteiger partial charge in [0.1, 0.15) is 19.3 Å². The lowest BCUT2D eigenvalue weighted by Crippen LogP contribution is -2.49. The van der Waals surface area contributed by atoms with Crippen LogP contribution >= 0.6 is 0 Å². The number of ether oxygens (including phenoxy) is 2. The van der Waals surface area contributed by atoms with Gasteiger partial charge in [0.05, 0.1) is 0 Å². The Morgan fingerprint density at radius 2 is 1.91 bits per heavy atom. The number of nitrogens with zero attached hydrogens (tertiary/aromatic N) is 1. The minimum atomic E-state index is -4.25. The van der Waals surface area contributed by atoms with Gasteiger partial charge < -0.3 is 14.8 Å². The van der Waals surface area contributed by atoms with Gasteiger partial charge in [-0.05, 0) is 49.9 Å². The van der Waals surface area contributed by atoms with Crippen molar-refractivity contribution in [2.75, 3.05) is 26.3 Å². The molecule has 1 saturated heterocycles. The highest BCUT2D eigenvalue weighted by atomic mass is 19.4. The van der Waals surface area contributed by atoms with Crippen LogP contribution in [0.1, 0.15) is 63.9 Å². The largest absolute Gasteiger partial charge is 0.486 e. The maximum atomic E-state index is 13.4. The monoisotopic (exact) mass is 456 g/mol. The first-order chi connectivity index (χ1) is 15.4. The average Bonchev–Trinajstić information content (AvgIpc) is 3.22. The standard InChI is InChI=1S/C24H35F3N2O3/c1-2-3-4-5-6-9-23(30)28-19(17-29-12-7-8-22(29)24(25,26)27)15-18-10-11-20-21(16-18)32-14-13-31-20/h10-11,16,19,22H,2-9,12-15,17H2,1H3,(H,28,30)/t19-,22+/m0/s1. The van der Waals surface area contributed by atoms with Crippen molar-refractivity contribution in [3.8, 4) is 11.5 Å². The molecule has 2 aliphatic heterocycles. The highest BCUT2D eigenvalue weighted by Crippen LogP contribution is 2.34. The number of rotatable bonds is 11. The minimum absolute atomic E-state index is 0.0909. The Hall–Kier alpha value is -1.96. The molecule has 0 bridgehead atoms. The van der Waals surface area contributed by atoms with Crippen LogP contribution in [0, 0.1) is 0 Å². The molecule has 5 nitrogen and oxygen atoms in total. The van der Waals surface area contributed by atoms with Gasteiger partial charge in [0.15, 0.2) is 11.5 Å². The molecule has 0 unspecified atom stereocenters. The molecule has 0 aliphatic carbocycles. The van der Waals surface area contributed by atoms with Crippen LogP contribution in [-0.2, 0) is 11.2 Å². The lowest BCUT2D eigenvalue weighted by Gasteiger charge is -2.31. The van der Waals surface area contributed by atoms with Crippen LogP contribution in [0.3, 0.4) is 0 Å². The van der Waals surface area contributed by atoms with Gasteiger partial charge in [0.2, 0.25) is 5.91 Å². The molecule has 3 rings (SSSR count). The molecule has 8 heteroatoms. The second kappa shape index (κ2) is 11.8. The van der Waals surface area contributed by atoms with Gasteiger partial charge >= 0.3 is 6.18 Å². The fraction of sp³-hybridized carbons (Fsp3) is 0.708. The lowest BCUT2D eigenvalue weighted by molar-refractivity contribution is -0.176. The number of hydrogen-bond donors (Lipinski definition) is 1. The van der Waals surface area contributed by atoms with Crippen molar-refractivity contribution in [1.82, 2.24) is 10.2 Å². The zero-order valence-electron chi connectivity index (χ0n) is 18.9. The predicted octanol–water partition coefficient (Wildman–Crippen LogP) is 4.87. The van der Waals surface area contributed by atoms with Gasteiger partial charge in [-0.3, -0.25) is 9.69 Å². The fourth-order valence-corrected chi connectivity index (χ4v) is 4.55. The summed E-state index contributed by atoms with van der Waals surface area (Å²) in [5.41, 5.74) is 0.908. The van der Waals surface area contributed by atoms with E-state index in [0.29, 0.717) is 50.5 Å². The summed E-state index contributed by atoms with van der Waals surface area (Å²) in [6.45, 7) is 3.68. The molecule has 1 fully saturated rings. The molecule has 180 valence electrons. The number of hydrogen-bond acceptors (Lipinski definition) is 4. The van der Waals surface area contributed by atoms with E-state index in [1.54, 1.807) is 0 Å². The number of nitrogens with one attached hydrogen (secondary N) is 1. The van der Waals surface area contributed by atoms with Gasteiger partial charge in [-0.1, -0.05) is 38.7 Å². The number of carbonyl (C=O) groups excluding carboxylic acids is 1. The van der Waals surface area contributed by atoms with Crippen LogP contribution in [0.15, 0.2) is 18.2 Å². The first-order valence-electron chi connectivity index (χ1n) is 11.9. The zero-order valence-corrected chi connectivity index (χ0v) is 18.9. The van der Waals surface area contributed by atoms with Gasteiger partial charge in [0, 0.05) is 19.0 Å². The van der Waals surface area contributed by atoms with E-state index >= 15 is 0 Å². The smallest absolute Gasteiger partial charge is 0.404 e. The topological polar surface area (TPSA) is 50.8 Å². The molecule has 2 atom stereocenters. The van der Waals surface area contributed by atoms with Crippen molar-refractivity contribution in [1.29, 1.82) is 0 Å². The fourth-order valence-electron chi connectivity index (χ4n) is 4.55. The number of alkyl halides is 3. The summed E-state index contributed by atoms with van der Waals surface area (Å²) in [5.74, 6) is 1.22. The van der Waals surface area contributed by atoms with Crippen LogP contribution in [0.5, 0.6) is 11.5 Å². The number of benzene rings is 1. The molecular formula is C24H35F3N2O3. The lowest BCUT2D eigenvalue weighted by atomic mass is 10.0. The highest BCUT2D eigenvalue weighted by molar-refractivity contribution is 5.76. The van der Waals surface area contributed by atoms with Gasteiger partial charge in [-0.25, -0.2) is 0 Å². The Kier molecular flexibility index (Phi) is 9.08. The summed E-state index contributed by atoms with van der Waals surface area (Å²) in [4.78, 5) is 14.0. The molecular weight excluding hydrogens is 421 g/mol. The van der Waals surface area contributed by atoms with Crippen LogP contribution in [0.25, 0.3) is 0 Å². The highest BCUT2D eigenvalue weighted by Gasteiger charge is 2.46. The van der Waals surface area contributed by atoms with E-state index < -0.39 is 18.3 Å². The third kappa shape index (κ3) is 7.29. The Bertz CT molecular complexity index is 742. The van der Waals surface area contributed by atoms with Crippen molar-refractivity contribution in [2.45, 2.75) is 83.0 Å². The second-order valence-electron chi connectivity index (χ2n) is 8.81. The van der Waals surface area contributed by atoms with Crippen molar-refractivity contribution >= 4 is 5.91 Å². The van der Waals surface area contributed by atoms with Gasteiger partial charge in [-0.2, -0.15) is 13.2 Å². The Balaban J connectivity index is 1.64. The Morgan fingerprint density at radius 3 is 2.66 bits per heavy atom. The van der Waals surface area contributed by atoms with E-state index in [-0.39, 0.29) is 18.9 Å². The van der Waals surface area contributed by atoms with E-state index in [0.717, 1.165) is 37.7 Å². The van der Waals surface area contributed by atoms with Crippen LogP contribution in [0.2, 0.25) is 0 Å². The van der Waals surface area contributed by atoms with Crippen molar-refractivity contribution in [3.05, 3.63) is 23.8 Å². The maximum absolute atomic E-state index is 13.4. The maximum Gasteiger partial charge on any atom is 0.404 e. The molecule has 1 amide bonds. The van der Waals surface area contributed by atoms with Crippen LogP contribution in [-0.4, -0.2) is 55.4 Å². The molecule has 1 aromatic carbocycles. The first kappa shape index (κ1) is 24.7. The zero-order chi connectivity index (χ0) is 23.0. The SMILES string of the molecule is CCCCCCCC(=O)N[C@@H](Cc1ccc2c(c1)OCCO2)CN1CCC[C@@H]1C(F)(F)F. The Morgan fingerprint density at radius 1 is 1.16 bits per heavy atom. The van der Waals surface area contributed by atoms with E-state index in [4.69, 9.17) is 9.47 Å². The number of halogens is 3. The summed E-state index contributed by atoms with van der Waals surface area (Å²) >= 11 is 0. The number of amides is 1. The predicted molar refractivity (Wildman–Crippen MR) is 117 cm³/mol. The quantitative estimate of drug-likeness (QED) is 0.483. The normalized spacial score (nSPS) is 19.7. The first-order valence-corrected chi connectivity index (χ1v) is 11.9. The van der Waals surface area contributed by atoms with Crippen molar-refractivity contribution in [2.24, 2.45) is 0 Å². The molecule has 0 aromatic heterocycles. The van der Waals surface area contributed by atoms with Crippen LogP contribution < -0.4 is 14.8 Å². The summed E-state index contributed by atoms with van der Waals surface area (Å²) < 4.78 is 51.5. The third-order valence-electron chi connectivity index (χ3n) is 6.16. The minimum Gasteiger partial charge on any atom is -0.486 e. The Labute approximate surface area is 188 Å². The summed E-state index contributed by atoms with van der Waals surface area (Å²) in [6.07, 6.45) is 2.43.